The van der Waals surface area contributed by atoms with Crippen molar-refractivity contribution in [3.63, 3.8) is 0 Å². The number of imide groups is 1. The molecule has 0 aliphatic rings. The summed E-state index contributed by atoms with van der Waals surface area (Å²) in [6.45, 7) is 10.5. The van der Waals surface area contributed by atoms with Crippen molar-refractivity contribution in [3.8, 4) is 0 Å². The van der Waals surface area contributed by atoms with E-state index in [-0.39, 0.29) is 20.9 Å². The lowest BCUT2D eigenvalue weighted by Gasteiger charge is -2.33. The first-order chi connectivity index (χ1) is 16.5. The standard InChI is InChI=1S/C25H32N2O8S/c1-18-13-15-20(16-14-18)36(31,32)27(23(30)35-25(5,6)7)26(22(29)34-24(2,3)4)21(28)33-17-19-11-9-8-10-12-19/h8-16H,17H2,1-7H3. The zero-order valence-electron chi connectivity index (χ0n) is 21.5. The summed E-state index contributed by atoms with van der Waals surface area (Å²) in [5, 5.41) is -0.00253. The Morgan fingerprint density at radius 3 is 1.75 bits per heavy atom. The Labute approximate surface area is 211 Å². The van der Waals surface area contributed by atoms with Gasteiger partial charge < -0.3 is 14.2 Å². The molecule has 0 saturated heterocycles. The number of amides is 3. The molecule has 2 aromatic rings. The Morgan fingerprint density at radius 1 is 0.750 bits per heavy atom. The van der Waals surface area contributed by atoms with E-state index in [0.29, 0.717) is 5.56 Å². The van der Waals surface area contributed by atoms with Crippen LogP contribution in [-0.2, 0) is 30.8 Å². The third kappa shape index (κ3) is 7.98. The maximum absolute atomic E-state index is 13.6. The number of ether oxygens (including phenoxy) is 3. The van der Waals surface area contributed by atoms with Gasteiger partial charge in [-0.1, -0.05) is 57.5 Å². The molecule has 0 bridgehead atoms. The SMILES string of the molecule is Cc1ccc(S(=O)(=O)N(C(=O)OC(C)(C)C)N(C(=O)OCc2ccccc2)C(=O)OC(C)(C)C)cc1. The van der Waals surface area contributed by atoms with Crippen molar-refractivity contribution in [1.29, 1.82) is 0 Å². The summed E-state index contributed by atoms with van der Waals surface area (Å²) in [6.07, 6.45) is -4.39. The molecule has 0 radical (unpaired) electrons. The van der Waals surface area contributed by atoms with Crippen molar-refractivity contribution < 1.29 is 37.0 Å². The zero-order chi connectivity index (χ0) is 27.3. The van der Waals surface area contributed by atoms with Gasteiger partial charge in [0, 0.05) is 0 Å². The Hall–Kier alpha value is -3.60. The quantitative estimate of drug-likeness (QED) is 0.388. The van der Waals surface area contributed by atoms with Crippen molar-refractivity contribution >= 4 is 28.3 Å². The van der Waals surface area contributed by atoms with Gasteiger partial charge in [0.25, 0.3) is 10.0 Å². The molecule has 2 rings (SSSR count). The van der Waals surface area contributed by atoms with E-state index in [9.17, 15) is 22.8 Å². The third-order valence-corrected chi connectivity index (χ3v) is 5.86. The lowest BCUT2D eigenvalue weighted by Crippen LogP contribution is -2.57. The number of aryl methyl sites for hydroxylation is 1. The molecule has 36 heavy (non-hydrogen) atoms. The van der Waals surface area contributed by atoms with Crippen LogP contribution in [-0.4, -0.2) is 47.3 Å². The van der Waals surface area contributed by atoms with E-state index < -0.39 is 39.5 Å². The van der Waals surface area contributed by atoms with E-state index >= 15 is 0 Å². The first-order valence-corrected chi connectivity index (χ1v) is 12.5. The van der Waals surface area contributed by atoms with Gasteiger partial charge in [0.1, 0.15) is 17.8 Å². The summed E-state index contributed by atoms with van der Waals surface area (Å²) in [7, 11) is -4.83. The Morgan fingerprint density at radius 2 is 1.25 bits per heavy atom. The molecule has 0 aliphatic carbocycles. The minimum atomic E-state index is -4.83. The smallest absolute Gasteiger partial charge is 0.443 e. The van der Waals surface area contributed by atoms with Gasteiger partial charge in [-0.3, -0.25) is 0 Å². The van der Waals surface area contributed by atoms with Gasteiger partial charge in [0.2, 0.25) is 0 Å². The molecule has 11 heteroatoms. The van der Waals surface area contributed by atoms with Crippen LogP contribution in [0.5, 0.6) is 0 Å². The lowest BCUT2D eigenvalue weighted by molar-refractivity contribution is -0.0308. The molecule has 0 atom stereocenters. The van der Waals surface area contributed by atoms with Crippen LogP contribution in [0.2, 0.25) is 0 Å². The summed E-state index contributed by atoms with van der Waals surface area (Å²) >= 11 is 0. The Bertz CT molecular complexity index is 1180. The maximum Gasteiger partial charge on any atom is 0.444 e. The number of carbonyl (C=O) groups excluding carboxylic acids is 3. The second-order valence-corrected chi connectivity index (χ2v) is 11.6. The Kier molecular flexibility index (Phi) is 8.74. The van der Waals surface area contributed by atoms with E-state index in [2.05, 4.69) is 0 Å². The predicted octanol–water partition coefficient (Wildman–Crippen LogP) is 5.41. The summed E-state index contributed by atoms with van der Waals surface area (Å²) in [6, 6.07) is 14.0. The van der Waals surface area contributed by atoms with Crippen LogP contribution in [0.4, 0.5) is 14.4 Å². The van der Waals surface area contributed by atoms with Crippen LogP contribution in [0.1, 0.15) is 52.7 Å². The van der Waals surface area contributed by atoms with Gasteiger partial charge in [0.15, 0.2) is 0 Å². The number of benzene rings is 2. The molecule has 2 aromatic carbocycles. The van der Waals surface area contributed by atoms with Crippen molar-refractivity contribution in [1.82, 2.24) is 9.42 Å². The van der Waals surface area contributed by atoms with E-state index in [1.807, 2.05) is 0 Å². The van der Waals surface area contributed by atoms with Crippen LogP contribution in [0.3, 0.4) is 0 Å². The highest BCUT2D eigenvalue weighted by atomic mass is 32.2. The average Bonchev–Trinajstić information content (AvgIpc) is 2.74. The normalized spacial score (nSPS) is 11.9. The third-order valence-electron chi connectivity index (χ3n) is 4.22. The second-order valence-electron chi connectivity index (χ2n) is 9.87. The van der Waals surface area contributed by atoms with Gasteiger partial charge in [-0.15, -0.1) is 0 Å². The highest BCUT2D eigenvalue weighted by molar-refractivity contribution is 7.89. The molecular formula is C25H32N2O8S. The van der Waals surface area contributed by atoms with Crippen molar-refractivity contribution in [3.05, 3.63) is 65.7 Å². The minimum absolute atomic E-state index is 0.00253. The fourth-order valence-electron chi connectivity index (χ4n) is 2.71. The average molecular weight is 521 g/mol. The van der Waals surface area contributed by atoms with Crippen molar-refractivity contribution in [2.24, 2.45) is 0 Å². The fourth-order valence-corrected chi connectivity index (χ4v) is 3.97. The molecule has 3 amide bonds. The molecule has 10 nitrogen and oxygen atoms in total. The summed E-state index contributed by atoms with van der Waals surface area (Å²) in [5.74, 6) is 0. The number of rotatable bonds is 4. The summed E-state index contributed by atoms with van der Waals surface area (Å²) < 4.78 is 42.9. The van der Waals surface area contributed by atoms with Gasteiger partial charge in [-0.2, -0.15) is 8.42 Å². The fraction of sp³-hybridized carbons (Fsp3) is 0.400. The largest absolute Gasteiger partial charge is 0.444 e. The summed E-state index contributed by atoms with van der Waals surface area (Å²) in [5.41, 5.74) is -0.974. The van der Waals surface area contributed by atoms with Crippen LogP contribution in [0.25, 0.3) is 0 Å². The van der Waals surface area contributed by atoms with Gasteiger partial charge >= 0.3 is 18.3 Å². The van der Waals surface area contributed by atoms with Crippen LogP contribution in [0, 0.1) is 6.92 Å². The maximum atomic E-state index is 13.6. The minimum Gasteiger partial charge on any atom is -0.443 e. The monoisotopic (exact) mass is 520 g/mol. The molecule has 0 N–H and O–H groups in total. The van der Waals surface area contributed by atoms with E-state index in [4.69, 9.17) is 14.2 Å². The highest BCUT2D eigenvalue weighted by Gasteiger charge is 2.46. The molecule has 196 valence electrons. The zero-order valence-corrected chi connectivity index (χ0v) is 22.3. The van der Waals surface area contributed by atoms with Gasteiger partial charge in [0.05, 0.1) is 4.90 Å². The number of nitrogens with zero attached hydrogens (tertiary/aromatic N) is 2. The number of hydrogen-bond acceptors (Lipinski definition) is 8. The molecule has 0 fully saturated rings. The molecule has 0 unspecified atom stereocenters. The molecule has 0 saturated carbocycles. The molecular weight excluding hydrogens is 488 g/mol. The van der Waals surface area contributed by atoms with Gasteiger partial charge in [-0.25, -0.2) is 14.4 Å². The van der Waals surface area contributed by atoms with E-state index in [1.54, 1.807) is 37.3 Å². The molecule has 0 spiro atoms. The topological polar surface area (TPSA) is 120 Å². The first kappa shape index (κ1) is 28.6. The van der Waals surface area contributed by atoms with Crippen LogP contribution < -0.4 is 0 Å². The second kappa shape index (κ2) is 11.0. The van der Waals surface area contributed by atoms with Crippen LogP contribution >= 0.6 is 0 Å². The van der Waals surface area contributed by atoms with Crippen molar-refractivity contribution in [2.75, 3.05) is 0 Å². The number of hydrogen-bond donors (Lipinski definition) is 0. The summed E-state index contributed by atoms with van der Waals surface area (Å²) in [4.78, 5) is 39.2. The molecule has 0 heterocycles. The van der Waals surface area contributed by atoms with E-state index in [1.165, 1.54) is 65.8 Å². The highest BCUT2D eigenvalue weighted by Crippen LogP contribution is 2.25. The Balaban J connectivity index is 2.61. The van der Waals surface area contributed by atoms with Gasteiger partial charge in [-0.05, 0) is 66.2 Å². The number of sulfonamides is 1. The molecule has 0 aromatic heterocycles. The van der Waals surface area contributed by atoms with Crippen molar-refractivity contribution in [2.45, 2.75) is 71.2 Å². The van der Waals surface area contributed by atoms with Crippen LogP contribution in [0.15, 0.2) is 59.5 Å². The first-order valence-electron chi connectivity index (χ1n) is 11.1. The van der Waals surface area contributed by atoms with E-state index in [0.717, 1.165) is 5.56 Å². The lowest BCUT2D eigenvalue weighted by atomic mass is 10.2. The number of carbonyl (C=O) groups is 3. The predicted molar refractivity (Wildman–Crippen MR) is 131 cm³/mol. The molecule has 0 aliphatic heterocycles. The number of hydrazine groups is 1.